The van der Waals surface area contributed by atoms with Gasteiger partial charge in [-0.3, -0.25) is 14.5 Å². The standard InChI is InChI=1S/C20H25N3O2S/c1-15-12-16(2)14-17(13-15)20(25)23-9-7-22(8-10-23)6-5-21-19(24)18-4-3-11-26-18/h3-4,11-14H,5-10H2,1-2H3,(H,21,24). The Balaban J connectivity index is 1.44. The Morgan fingerprint density at radius 3 is 2.38 bits per heavy atom. The van der Waals surface area contributed by atoms with Crippen molar-refractivity contribution in [2.24, 2.45) is 0 Å². The lowest BCUT2D eigenvalue weighted by Crippen LogP contribution is -2.50. The third-order valence-electron chi connectivity index (χ3n) is 4.59. The van der Waals surface area contributed by atoms with Gasteiger partial charge in [-0.2, -0.15) is 0 Å². The van der Waals surface area contributed by atoms with Gasteiger partial charge < -0.3 is 10.2 Å². The lowest BCUT2D eigenvalue weighted by molar-refractivity contribution is 0.0638. The van der Waals surface area contributed by atoms with Crippen LogP contribution in [0.15, 0.2) is 35.7 Å². The number of aryl methyl sites for hydroxylation is 2. The van der Waals surface area contributed by atoms with E-state index in [1.54, 1.807) is 0 Å². The summed E-state index contributed by atoms with van der Waals surface area (Å²) in [5.74, 6) is 0.103. The van der Waals surface area contributed by atoms with Crippen molar-refractivity contribution >= 4 is 23.2 Å². The zero-order valence-electron chi connectivity index (χ0n) is 15.3. The highest BCUT2D eigenvalue weighted by molar-refractivity contribution is 7.12. The number of carbonyl (C=O) groups is 2. The molecule has 1 fully saturated rings. The van der Waals surface area contributed by atoms with Crippen molar-refractivity contribution in [3.63, 3.8) is 0 Å². The van der Waals surface area contributed by atoms with Crippen molar-refractivity contribution < 1.29 is 9.59 Å². The predicted molar refractivity (Wildman–Crippen MR) is 105 cm³/mol. The maximum Gasteiger partial charge on any atom is 0.261 e. The highest BCUT2D eigenvalue weighted by Crippen LogP contribution is 2.13. The van der Waals surface area contributed by atoms with Crippen LogP contribution in [0.4, 0.5) is 0 Å². The van der Waals surface area contributed by atoms with Crippen LogP contribution in [-0.4, -0.2) is 60.9 Å². The third-order valence-corrected chi connectivity index (χ3v) is 5.46. The molecule has 5 nitrogen and oxygen atoms in total. The molecule has 1 aliphatic rings. The summed E-state index contributed by atoms with van der Waals surface area (Å²) in [5, 5.41) is 4.86. The molecule has 3 rings (SSSR count). The van der Waals surface area contributed by atoms with Crippen molar-refractivity contribution in [1.82, 2.24) is 15.1 Å². The molecular formula is C20H25N3O2S. The number of nitrogens with zero attached hydrogens (tertiary/aromatic N) is 2. The Labute approximate surface area is 158 Å². The fraction of sp³-hybridized carbons (Fsp3) is 0.400. The number of hydrogen-bond acceptors (Lipinski definition) is 4. The van der Waals surface area contributed by atoms with Crippen LogP contribution in [-0.2, 0) is 0 Å². The van der Waals surface area contributed by atoms with Crippen LogP contribution in [0.2, 0.25) is 0 Å². The van der Waals surface area contributed by atoms with Gasteiger partial charge in [0.2, 0.25) is 0 Å². The summed E-state index contributed by atoms with van der Waals surface area (Å²) in [6, 6.07) is 9.71. The van der Waals surface area contributed by atoms with Gasteiger partial charge in [-0.25, -0.2) is 0 Å². The molecule has 0 saturated carbocycles. The Kier molecular flexibility index (Phi) is 6.06. The molecule has 0 atom stereocenters. The molecule has 138 valence electrons. The Morgan fingerprint density at radius 1 is 1.08 bits per heavy atom. The van der Waals surface area contributed by atoms with Crippen LogP contribution in [0.3, 0.4) is 0 Å². The monoisotopic (exact) mass is 371 g/mol. The second kappa shape index (κ2) is 8.47. The van der Waals surface area contributed by atoms with E-state index >= 15 is 0 Å². The number of piperazine rings is 1. The summed E-state index contributed by atoms with van der Waals surface area (Å²) in [7, 11) is 0. The number of benzene rings is 1. The maximum absolute atomic E-state index is 12.7. The van der Waals surface area contributed by atoms with Crippen LogP contribution in [0.5, 0.6) is 0 Å². The van der Waals surface area contributed by atoms with Crippen LogP contribution >= 0.6 is 11.3 Å². The van der Waals surface area contributed by atoms with E-state index in [1.165, 1.54) is 11.3 Å². The van der Waals surface area contributed by atoms with E-state index in [-0.39, 0.29) is 11.8 Å². The average Bonchev–Trinajstić information content (AvgIpc) is 3.15. The van der Waals surface area contributed by atoms with Gasteiger partial charge >= 0.3 is 0 Å². The lowest BCUT2D eigenvalue weighted by Gasteiger charge is -2.34. The summed E-state index contributed by atoms with van der Waals surface area (Å²) in [6.07, 6.45) is 0. The number of hydrogen-bond donors (Lipinski definition) is 1. The first-order chi connectivity index (χ1) is 12.5. The minimum Gasteiger partial charge on any atom is -0.350 e. The van der Waals surface area contributed by atoms with E-state index in [0.717, 1.165) is 54.3 Å². The molecule has 1 saturated heterocycles. The summed E-state index contributed by atoms with van der Waals surface area (Å²) in [4.78, 5) is 29.6. The molecule has 0 spiro atoms. The molecule has 1 aromatic carbocycles. The molecule has 2 heterocycles. The van der Waals surface area contributed by atoms with Gasteiger partial charge in [-0.05, 0) is 37.4 Å². The van der Waals surface area contributed by atoms with Gasteiger partial charge in [0.05, 0.1) is 4.88 Å². The molecule has 6 heteroatoms. The number of amides is 2. The maximum atomic E-state index is 12.7. The SMILES string of the molecule is Cc1cc(C)cc(C(=O)N2CCN(CCNC(=O)c3cccs3)CC2)c1. The quantitative estimate of drug-likeness (QED) is 0.879. The smallest absolute Gasteiger partial charge is 0.261 e. The molecule has 2 amide bonds. The van der Waals surface area contributed by atoms with Gasteiger partial charge in [-0.15, -0.1) is 11.3 Å². The van der Waals surface area contributed by atoms with E-state index in [0.29, 0.717) is 6.54 Å². The predicted octanol–water partition coefficient (Wildman–Crippen LogP) is 2.55. The first kappa shape index (κ1) is 18.6. The molecule has 0 unspecified atom stereocenters. The zero-order chi connectivity index (χ0) is 18.5. The Bertz CT molecular complexity index is 745. The van der Waals surface area contributed by atoms with Gasteiger partial charge in [0.15, 0.2) is 0 Å². The second-order valence-electron chi connectivity index (χ2n) is 6.74. The van der Waals surface area contributed by atoms with Crippen molar-refractivity contribution in [3.8, 4) is 0 Å². The summed E-state index contributed by atoms with van der Waals surface area (Å²) < 4.78 is 0. The van der Waals surface area contributed by atoms with E-state index in [9.17, 15) is 9.59 Å². The summed E-state index contributed by atoms with van der Waals surface area (Å²) in [5.41, 5.74) is 3.01. The number of thiophene rings is 1. The van der Waals surface area contributed by atoms with E-state index < -0.39 is 0 Å². The topological polar surface area (TPSA) is 52.7 Å². The molecule has 1 N–H and O–H groups in total. The normalized spacial score (nSPS) is 15.1. The van der Waals surface area contributed by atoms with E-state index in [2.05, 4.69) is 16.3 Å². The van der Waals surface area contributed by atoms with Crippen LogP contribution in [0.1, 0.15) is 31.2 Å². The number of carbonyl (C=O) groups excluding carboxylic acids is 2. The summed E-state index contributed by atoms with van der Waals surface area (Å²) in [6.45, 7) is 8.61. The van der Waals surface area contributed by atoms with Crippen molar-refractivity contribution in [2.75, 3.05) is 39.3 Å². The van der Waals surface area contributed by atoms with Crippen LogP contribution < -0.4 is 5.32 Å². The van der Waals surface area contributed by atoms with Gasteiger partial charge in [0.25, 0.3) is 11.8 Å². The molecule has 1 aromatic heterocycles. The van der Waals surface area contributed by atoms with Crippen molar-refractivity contribution in [3.05, 3.63) is 57.3 Å². The largest absolute Gasteiger partial charge is 0.350 e. The van der Waals surface area contributed by atoms with Crippen LogP contribution in [0, 0.1) is 13.8 Å². The number of nitrogens with one attached hydrogen (secondary N) is 1. The van der Waals surface area contributed by atoms with Crippen molar-refractivity contribution in [2.45, 2.75) is 13.8 Å². The Morgan fingerprint density at radius 2 is 1.77 bits per heavy atom. The first-order valence-electron chi connectivity index (χ1n) is 8.94. The average molecular weight is 372 g/mol. The van der Waals surface area contributed by atoms with Gasteiger partial charge in [0.1, 0.15) is 0 Å². The minimum absolute atomic E-state index is 0.0105. The molecule has 0 radical (unpaired) electrons. The fourth-order valence-electron chi connectivity index (χ4n) is 3.28. The second-order valence-corrected chi connectivity index (χ2v) is 7.69. The molecular weight excluding hydrogens is 346 g/mol. The minimum atomic E-state index is -0.0105. The first-order valence-corrected chi connectivity index (χ1v) is 9.82. The molecule has 26 heavy (non-hydrogen) atoms. The molecule has 2 aromatic rings. The highest BCUT2D eigenvalue weighted by atomic mass is 32.1. The molecule has 1 aliphatic heterocycles. The van der Waals surface area contributed by atoms with Crippen LogP contribution in [0.25, 0.3) is 0 Å². The third kappa shape index (κ3) is 4.71. The fourth-order valence-corrected chi connectivity index (χ4v) is 3.92. The van der Waals surface area contributed by atoms with Crippen molar-refractivity contribution in [1.29, 1.82) is 0 Å². The van der Waals surface area contributed by atoms with Gasteiger partial charge in [0, 0.05) is 44.8 Å². The Hall–Kier alpha value is -2.18. The summed E-state index contributed by atoms with van der Waals surface area (Å²) >= 11 is 1.45. The molecule has 0 aliphatic carbocycles. The number of rotatable bonds is 5. The highest BCUT2D eigenvalue weighted by Gasteiger charge is 2.22. The van der Waals surface area contributed by atoms with Gasteiger partial charge in [-0.1, -0.05) is 23.3 Å². The lowest BCUT2D eigenvalue weighted by atomic mass is 10.1. The molecule has 0 bridgehead atoms. The van der Waals surface area contributed by atoms with E-state index in [4.69, 9.17) is 0 Å². The van der Waals surface area contributed by atoms with E-state index in [1.807, 2.05) is 48.4 Å². The zero-order valence-corrected chi connectivity index (χ0v) is 16.1.